The lowest BCUT2D eigenvalue weighted by Crippen LogP contribution is -2.59. The lowest BCUT2D eigenvalue weighted by atomic mass is 9.86. The summed E-state index contributed by atoms with van der Waals surface area (Å²) in [6.45, 7) is 0.926. The molecule has 116 valence electrons. The minimum Gasteiger partial charge on any atom is -0.488 e. The number of halogens is 1. The molecule has 0 amide bonds. The zero-order valence-corrected chi connectivity index (χ0v) is 12.3. The van der Waals surface area contributed by atoms with E-state index in [1.807, 2.05) is 0 Å². The molecule has 2 rings (SSSR count). The van der Waals surface area contributed by atoms with Gasteiger partial charge in [-0.1, -0.05) is 11.6 Å². The van der Waals surface area contributed by atoms with Gasteiger partial charge < -0.3 is 19.9 Å². The summed E-state index contributed by atoms with van der Waals surface area (Å²) in [6, 6.07) is 4.17. The van der Waals surface area contributed by atoms with Gasteiger partial charge in [-0.2, -0.15) is 0 Å². The molecular weight excluding hydrogens is 300 g/mol. The minimum absolute atomic E-state index is 0.0398. The van der Waals surface area contributed by atoms with E-state index in [1.54, 1.807) is 7.11 Å². The number of benzene rings is 1. The Labute approximate surface area is 127 Å². The van der Waals surface area contributed by atoms with E-state index in [4.69, 9.17) is 31.5 Å². The molecule has 0 bridgehead atoms. The predicted molar refractivity (Wildman–Crippen MR) is 76.7 cm³/mol. The van der Waals surface area contributed by atoms with Crippen LogP contribution < -0.4 is 10.5 Å². The van der Waals surface area contributed by atoms with Gasteiger partial charge in [0.2, 0.25) is 0 Å². The molecule has 0 spiro atoms. The van der Waals surface area contributed by atoms with E-state index in [2.05, 4.69) is 0 Å². The van der Waals surface area contributed by atoms with Crippen LogP contribution in [-0.2, 0) is 9.47 Å². The Morgan fingerprint density at radius 2 is 2.24 bits per heavy atom. The van der Waals surface area contributed by atoms with Crippen molar-refractivity contribution < 1.29 is 19.1 Å². The van der Waals surface area contributed by atoms with Gasteiger partial charge in [-0.25, -0.2) is 0 Å². The summed E-state index contributed by atoms with van der Waals surface area (Å²) in [7, 11) is 1.59. The van der Waals surface area contributed by atoms with Crippen molar-refractivity contribution in [2.75, 3.05) is 20.3 Å². The molecule has 1 saturated carbocycles. The Morgan fingerprint density at radius 3 is 2.81 bits per heavy atom. The topological polar surface area (TPSA) is 96.9 Å². The number of methoxy groups -OCH3 is 1. The van der Waals surface area contributed by atoms with Crippen LogP contribution in [0.15, 0.2) is 18.2 Å². The van der Waals surface area contributed by atoms with Crippen molar-refractivity contribution in [1.29, 1.82) is 0 Å². The van der Waals surface area contributed by atoms with E-state index in [-0.39, 0.29) is 29.0 Å². The van der Waals surface area contributed by atoms with Crippen LogP contribution in [0.1, 0.15) is 6.42 Å². The van der Waals surface area contributed by atoms with Crippen LogP contribution in [-0.4, -0.2) is 43.5 Å². The van der Waals surface area contributed by atoms with Gasteiger partial charge in [-0.15, -0.1) is 0 Å². The largest absolute Gasteiger partial charge is 0.488 e. The first-order valence-electron chi connectivity index (χ1n) is 6.49. The fourth-order valence-electron chi connectivity index (χ4n) is 2.11. The zero-order chi connectivity index (χ0) is 15.4. The number of nitrogens with zero attached hydrogens (tertiary/aromatic N) is 1. The standard InChI is InChI=1S/C13H17ClN2O5/c1-19-4-5-20-13-10(15)7-12(13)21-8-2-3-11(16(17)18)9(14)6-8/h2-3,6,10,12-13H,4-5,7,15H2,1H3. The van der Waals surface area contributed by atoms with E-state index in [0.717, 1.165) is 0 Å². The van der Waals surface area contributed by atoms with Crippen molar-refractivity contribution in [3.05, 3.63) is 33.3 Å². The maximum atomic E-state index is 10.7. The number of ether oxygens (including phenoxy) is 3. The average Bonchev–Trinajstić information content (AvgIpc) is 2.42. The molecule has 21 heavy (non-hydrogen) atoms. The molecule has 7 nitrogen and oxygen atoms in total. The number of nitrogens with two attached hydrogens (primary N) is 1. The molecule has 3 unspecified atom stereocenters. The minimum atomic E-state index is -0.540. The maximum Gasteiger partial charge on any atom is 0.288 e. The summed E-state index contributed by atoms with van der Waals surface area (Å²) >= 11 is 5.84. The predicted octanol–water partition coefficient (Wildman–Crippen LogP) is 1.76. The van der Waals surface area contributed by atoms with Crippen molar-refractivity contribution in [3.8, 4) is 5.75 Å². The maximum absolute atomic E-state index is 10.7. The quantitative estimate of drug-likeness (QED) is 0.467. The summed E-state index contributed by atoms with van der Waals surface area (Å²) < 4.78 is 16.2. The molecule has 1 aliphatic carbocycles. The molecule has 1 aromatic carbocycles. The summed E-state index contributed by atoms with van der Waals surface area (Å²) in [6.07, 6.45) is 0.259. The summed E-state index contributed by atoms with van der Waals surface area (Å²) in [5, 5.41) is 10.7. The number of hydrogen-bond acceptors (Lipinski definition) is 6. The fraction of sp³-hybridized carbons (Fsp3) is 0.538. The molecule has 8 heteroatoms. The van der Waals surface area contributed by atoms with Gasteiger partial charge in [-0.05, 0) is 6.07 Å². The third-order valence-corrected chi connectivity index (χ3v) is 3.60. The Balaban J connectivity index is 1.95. The molecular formula is C13H17ClN2O5. The number of nitro benzene ring substituents is 1. The summed E-state index contributed by atoms with van der Waals surface area (Å²) in [5.41, 5.74) is 5.73. The molecule has 1 fully saturated rings. The molecule has 0 aromatic heterocycles. The summed E-state index contributed by atoms with van der Waals surface area (Å²) in [5.74, 6) is 0.461. The normalized spacial score (nSPS) is 24.4. The second-order valence-corrected chi connectivity index (χ2v) is 5.16. The van der Waals surface area contributed by atoms with E-state index in [0.29, 0.717) is 25.4 Å². The van der Waals surface area contributed by atoms with E-state index in [1.165, 1.54) is 18.2 Å². The zero-order valence-electron chi connectivity index (χ0n) is 11.5. The van der Waals surface area contributed by atoms with Gasteiger partial charge in [0.25, 0.3) is 5.69 Å². The molecule has 2 N–H and O–H groups in total. The summed E-state index contributed by atoms with van der Waals surface area (Å²) in [4.78, 5) is 10.2. The van der Waals surface area contributed by atoms with E-state index < -0.39 is 4.92 Å². The van der Waals surface area contributed by atoms with Crippen LogP contribution in [0.25, 0.3) is 0 Å². The molecule has 3 atom stereocenters. The Bertz CT molecular complexity index is 513. The average molecular weight is 317 g/mol. The Morgan fingerprint density at radius 1 is 1.48 bits per heavy atom. The highest BCUT2D eigenvalue weighted by Crippen LogP contribution is 2.32. The van der Waals surface area contributed by atoms with Crippen molar-refractivity contribution >= 4 is 17.3 Å². The van der Waals surface area contributed by atoms with Crippen LogP contribution in [0.3, 0.4) is 0 Å². The van der Waals surface area contributed by atoms with Crippen LogP contribution in [0.2, 0.25) is 5.02 Å². The highest BCUT2D eigenvalue weighted by atomic mass is 35.5. The van der Waals surface area contributed by atoms with Crippen molar-refractivity contribution in [1.82, 2.24) is 0 Å². The van der Waals surface area contributed by atoms with Crippen molar-refractivity contribution in [3.63, 3.8) is 0 Å². The van der Waals surface area contributed by atoms with Gasteiger partial charge in [0, 0.05) is 31.7 Å². The van der Waals surface area contributed by atoms with Crippen LogP contribution >= 0.6 is 11.6 Å². The Hall–Kier alpha value is -1.41. The highest BCUT2D eigenvalue weighted by molar-refractivity contribution is 6.32. The smallest absolute Gasteiger partial charge is 0.288 e. The third-order valence-electron chi connectivity index (χ3n) is 3.29. The second-order valence-electron chi connectivity index (χ2n) is 4.75. The van der Waals surface area contributed by atoms with E-state index >= 15 is 0 Å². The first kappa shape index (κ1) is 16.0. The lowest BCUT2D eigenvalue weighted by molar-refractivity contribution is -0.384. The highest BCUT2D eigenvalue weighted by Gasteiger charge is 2.41. The first-order valence-corrected chi connectivity index (χ1v) is 6.87. The van der Waals surface area contributed by atoms with Gasteiger partial charge >= 0.3 is 0 Å². The van der Waals surface area contributed by atoms with Gasteiger partial charge in [-0.3, -0.25) is 10.1 Å². The molecule has 1 aromatic rings. The number of hydrogen-bond donors (Lipinski definition) is 1. The van der Waals surface area contributed by atoms with E-state index in [9.17, 15) is 10.1 Å². The Kier molecular flexibility index (Phi) is 5.35. The van der Waals surface area contributed by atoms with Gasteiger partial charge in [0.1, 0.15) is 23.0 Å². The fourth-order valence-corrected chi connectivity index (χ4v) is 2.35. The molecule has 0 saturated heterocycles. The molecule has 0 aliphatic heterocycles. The molecule has 0 radical (unpaired) electrons. The SMILES string of the molecule is COCCOC1C(N)CC1Oc1ccc([N+](=O)[O-])c(Cl)c1. The van der Waals surface area contributed by atoms with Crippen LogP contribution in [0.5, 0.6) is 5.75 Å². The number of rotatable bonds is 7. The van der Waals surface area contributed by atoms with Crippen LogP contribution in [0.4, 0.5) is 5.69 Å². The number of nitro groups is 1. The van der Waals surface area contributed by atoms with Crippen molar-refractivity contribution in [2.45, 2.75) is 24.7 Å². The van der Waals surface area contributed by atoms with Crippen LogP contribution in [0, 0.1) is 10.1 Å². The molecule has 0 heterocycles. The van der Waals surface area contributed by atoms with Gasteiger partial charge in [0.05, 0.1) is 18.1 Å². The molecule has 1 aliphatic rings. The van der Waals surface area contributed by atoms with Crippen molar-refractivity contribution in [2.24, 2.45) is 5.73 Å². The monoisotopic (exact) mass is 316 g/mol. The van der Waals surface area contributed by atoms with Gasteiger partial charge in [0.15, 0.2) is 0 Å². The second kappa shape index (κ2) is 7.04. The lowest BCUT2D eigenvalue weighted by Gasteiger charge is -2.41. The first-order chi connectivity index (χ1) is 10.0. The third kappa shape index (κ3) is 3.82.